The molecular formula is C23H32N6. The highest BCUT2D eigenvalue weighted by atomic mass is 15.2. The summed E-state index contributed by atoms with van der Waals surface area (Å²) in [6.45, 7) is 7.17. The lowest BCUT2D eigenvalue weighted by atomic mass is 10.2. The normalized spacial score (nSPS) is 19.7. The van der Waals surface area contributed by atoms with Crippen LogP contribution in [0.4, 0.5) is 11.5 Å². The van der Waals surface area contributed by atoms with Crippen LogP contribution < -0.4 is 20.4 Å². The van der Waals surface area contributed by atoms with E-state index in [9.17, 15) is 0 Å². The largest absolute Gasteiger partial charge is 0.369 e. The summed E-state index contributed by atoms with van der Waals surface area (Å²) in [6, 6.07) is 13.5. The van der Waals surface area contributed by atoms with E-state index in [1.807, 2.05) is 13.2 Å². The number of hydrogen-bond donors (Lipinski definition) is 2. The number of anilines is 2. The Morgan fingerprint density at radius 2 is 1.86 bits per heavy atom. The van der Waals surface area contributed by atoms with Crippen molar-refractivity contribution in [2.75, 3.05) is 43.0 Å². The molecule has 6 nitrogen and oxygen atoms in total. The Labute approximate surface area is 174 Å². The van der Waals surface area contributed by atoms with Crippen molar-refractivity contribution < 1.29 is 0 Å². The predicted molar refractivity (Wildman–Crippen MR) is 121 cm³/mol. The monoisotopic (exact) mass is 392 g/mol. The van der Waals surface area contributed by atoms with Crippen LogP contribution in [-0.2, 0) is 6.54 Å². The smallest absolute Gasteiger partial charge is 0.191 e. The second-order valence-corrected chi connectivity index (χ2v) is 8.06. The van der Waals surface area contributed by atoms with E-state index >= 15 is 0 Å². The van der Waals surface area contributed by atoms with Gasteiger partial charge in [-0.2, -0.15) is 0 Å². The molecule has 0 aliphatic carbocycles. The molecule has 29 heavy (non-hydrogen) atoms. The molecule has 1 atom stereocenters. The summed E-state index contributed by atoms with van der Waals surface area (Å²) in [5, 5.41) is 7.00. The van der Waals surface area contributed by atoms with Crippen molar-refractivity contribution in [1.82, 2.24) is 15.6 Å². The molecule has 3 heterocycles. The average Bonchev–Trinajstić information content (AvgIpc) is 3.44. The number of aryl methyl sites for hydroxylation is 1. The van der Waals surface area contributed by atoms with Gasteiger partial charge in [0.05, 0.1) is 0 Å². The van der Waals surface area contributed by atoms with E-state index in [0.717, 1.165) is 50.9 Å². The molecule has 0 bridgehead atoms. The molecule has 1 aromatic carbocycles. The number of pyridine rings is 1. The number of rotatable bonds is 5. The lowest BCUT2D eigenvalue weighted by Gasteiger charge is -2.21. The van der Waals surface area contributed by atoms with Crippen LogP contribution in [0.3, 0.4) is 0 Å². The van der Waals surface area contributed by atoms with Crippen LogP contribution in [0.25, 0.3) is 0 Å². The lowest BCUT2D eigenvalue weighted by Crippen LogP contribution is -2.44. The maximum Gasteiger partial charge on any atom is 0.191 e. The third-order valence-electron chi connectivity index (χ3n) is 5.85. The van der Waals surface area contributed by atoms with Crippen LogP contribution in [0, 0.1) is 6.92 Å². The Morgan fingerprint density at radius 1 is 1.07 bits per heavy atom. The molecule has 2 aliphatic heterocycles. The van der Waals surface area contributed by atoms with Crippen LogP contribution in [0.2, 0.25) is 0 Å². The van der Waals surface area contributed by atoms with Gasteiger partial charge in [-0.25, -0.2) is 4.98 Å². The van der Waals surface area contributed by atoms with Crippen molar-refractivity contribution in [2.45, 2.75) is 38.8 Å². The first kappa shape index (κ1) is 19.6. The highest BCUT2D eigenvalue weighted by molar-refractivity contribution is 5.80. The first-order chi connectivity index (χ1) is 14.2. The zero-order valence-corrected chi connectivity index (χ0v) is 17.6. The first-order valence-corrected chi connectivity index (χ1v) is 10.7. The van der Waals surface area contributed by atoms with Crippen LogP contribution >= 0.6 is 0 Å². The molecule has 2 fully saturated rings. The molecule has 1 unspecified atom stereocenters. The van der Waals surface area contributed by atoms with Crippen molar-refractivity contribution in [3.63, 3.8) is 0 Å². The number of aliphatic imine (C=N–C) groups is 1. The van der Waals surface area contributed by atoms with E-state index in [2.05, 4.69) is 73.7 Å². The van der Waals surface area contributed by atoms with Gasteiger partial charge in [0.15, 0.2) is 5.96 Å². The second-order valence-electron chi connectivity index (χ2n) is 8.06. The Morgan fingerprint density at radius 3 is 2.55 bits per heavy atom. The molecule has 1 aromatic heterocycles. The third-order valence-corrected chi connectivity index (χ3v) is 5.85. The van der Waals surface area contributed by atoms with Crippen molar-refractivity contribution in [2.24, 2.45) is 4.99 Å². The van der Waals surface area contributed by atoms with Gasteiger partial charge < -0.3 is 20.4 Å². The van der Waals surface area contributed by atoms with E-state index in [-0.39, 0.29) is 0 Å². The van der Waals surface area contributed by atoms with Gasteiger partial charge in [-0.3, -0.25) is 4.99 Å². The van der Waals surface area contributed by atoms with Gasteiger partial charge in [-0.15, -0.1) is 0 Å². The van der Waals surface area contributed by atoms with Crippen molar-refractivity contribution in [1.29, 1.82) is 0 Å². The fourth-order valence-corrected chi connectivity index (χ4v) is 4.10. The predicted octanol–water partition coefficient (Wildman–Crippen LogP) is 2.93. The Balaban J connectivity index is 1.26. The molecule has 2 saturated heterocycles. The highest BCUT2D eigenvalue weighted by Gasteiger charge is 2.23. The number of guanidine groups is 1. The number of hydrogen-bond acceptors (Lipinski definition) is 4. The summed E-state index contributed by atoms with van der Waals surface area (Å²) in [4.78, 5) is 13.8. The van der Waals surface area contributed by atoms with Crippen LogP contribution in [0.15, 0.2) is 47.6 Å². The van der Waals surface area contributed by atoms with Crippen molar-refractivity contribution in [3.05, 3.63) is 53.7 Å². The summed E-state index contributed by atoms with van der Waals surface area (Å²) in [5.41, 5.74) is 3.77. The fourth-order valence-electron chi connectivity index (χ4n) is 4.10. The molecule has 0 saturated carbocycles. The summed E-state index contributed by atoms with van der Waals surface area (Å²) in [6.07, 6.45) is 5.63. The SMILES string of the molecule is CN=C(NCc1ccc(N2CCCC2)nc1)NC1CCN(c2ccc(C)cc2)C1. The van der Waals surface area contributed by atoms with Crippen LogP contribution in [-0.4, -0.2) is 50.2 Å². The lowest BCUT2D eigenvalue weighted by molar-refractivity contribution is 0.648. The highest BCUT2D eigenvalue weighted by Crippen LogP contribution is 2.21. The number of benzene rings is 1. The molecule has 2 aromatic rings. The second kappa shape index (κ2) is 9.16. The van der Waals surface area contributed by atoms with E-state index in [1.165, 1.54) is 29.7 Å². The first-order valence-electron chi connectivity index (χ1n) is 10.7. The van der Waals surface area contributed by atoms with Gasteiger partial charge in [0.1, 0.15) is 5.82 Å². The Bertz CT molecular complexity index is 808. The average molecular weight is 393 g/mol. The van der Waals surface area contributed by atoms with Gasteiger partial charge in [0, 0.05) is 57.7 Å². The Hall–Kier alpha value is -2.76. The summed E-state index contributed by atoms with van der Waals surface area (Å²) < 4.78 is 0. The molecule has 0 radical (unpaired) electrons. The van der Waals surface area contributed by atoms with Gasteiger partial charge in [0.2, 0.25) is 0 Å². The molecule has 2 N–H and O–H groups in total. The molecule has 0 spiro atoms. The summed E-state index contributed by atoms with van der Waals surface area (Å²) in [5.74, 6) is 1.94. The third kappa shape index (κ3) is 5.00. The maximum absolute atomic E-state index is 4.64. The minimum Gasteiger partial charge on any atom is -0.369 e. The minimum atomic E-state index is 0.401. The quantitative estimate of drug-likeness (QED) is 0.605. The van der Waals surface area contributed by atoms with Crippen molar-refractivity contribution >= 4 is 17.5 Å². The zero-order chi connectivity index (χ0) is 20.1. The van der Waals surface area contributed by atoms with E-state index in [1.54, 1.807) is 0 Å². The topological polar surface area (TPSA) is 55.8 Å². The fraction of sp³-hybridized carbons (Fsp3) is 0.478. The van der Waals surface area contributed by atoms with E-state index < -0.39 is 0 Å². The van der Waals surface area contributed by atoms with Crippen LogP contribution in [0.5, 0.6) is 0 Å². The molecule has 2 aliphatic rings. The molecule has 0 amide bonds. The van der Waals surface area contributed by atoms with E-state index in [4.69, 9.17) is 0 Å². The van der Waals surface area contributed by atoms with Gasteiger partial charge in [-0.05, 0) is 49.9 Å². The zero-order valence-electron chi connectivity index (χ0n) is 17.6. The van der Waals surface area contributed by atoms with Crippen LogP contribution in [0.1, 0.15) is 30.4 Å². The van der Waals surface area contributed by atoms with Crippen molar-refractivity contribution in [3.8, 4) is 0 Å². The molecule has 4 rings (SSSR count). The number of nitrogens with one attached hydrogen (secondary N) is 2. The summed E-state index contributed by atoms with van der Waals surface area (Å²) in [7, 11) is 1.83. The number of aromatic nitrogens is 1. The summed E-state index contributed by atoms with van der Waals surface area (Å²) >= 11 is 0. The molecular weight excluding hydrogens is 360 g/mol. The maximum atomic E-state index is 4.64. The van der Waals surface area contributed by atoms with Gasteiger partial charge >= 0.3 is 0 Å². The van der Waals surface area contributed by atoms with E-state index in [0.29, 0.717) is 6.04 Å². The Kier molecular flexibility index (Phi) is 6.17. The van der Waals surface area contributed by atoms with Gasteiger partial charge in [0.25, 0.3) is 0 Å². The standard InChI is InChI=1S/C23H32N6/c1-18-5-8-21(9-6-18)29-14-11-20(17-29)27-23(24-2)26-16-19-7-10-22(25-15-19)28-12-3-4-13-28/h5-10,15,20H,3-4,11-14,16-17H2,1-2H3,(H2,24,26,27). The van der Waals surface area contributed by atoms with Gasteiger partial charge in [-0.1, -0.05) is 23.8 Å². The molecule has 154 valence electrons. The molecule has 6 heteroatoms. The minimum absolute atomic E-state index is 0.401. The number of nitrogens with zero attached hydrogens (tertiary/aromatic N) is 4.